The Morgan fingerprint density at radius 2 is 1.97 bits per heavy atom. The summed E-state index contributed by atoms with van der Waals surface area (Å²) in [6.45, 7) is 11.1. The van der Waals surface area contributed by atoms with E-state index in [2.05, 4.69) is 31.2 Å². The molecule has 4 fully saturated rings. The highest BCUT2D eigenvalue weighted by Crippen LogP contribution is 2.66. The Hall–Kier alpha value is -1.60. The lowest BCUT2D eigenvalue weighted by atomic mass is 9.46. The van der Waals surface area contributed by atoms with Crippen LogP contribution in [0.25, 0.3) is 0 Å². The van der Waals surface area contributed by atoms with E-state index in [4.69, 9.17) is 17.1 Å². The first-order chi connectivity index (χ1) is 17.7. The average molecular weight is 528 g/mol. The summed E-state index contributed by atoms with van der Waals surface area (Å²) in [5.74, 6) is 2.78. The molecular weight excluding hydrogens is 482 g/mol. The van der Waals surface area contributed by atoms with E-state index in [9.17, 15) is 9.59 Å². The van der Waals surface area contributed by atoms with Crippen LogP contribution in [0.15, 0.2) is 16.8 Å². The standard InChI is InChI=1S/C30H45N3O3S/c1-5-33(17-13-26-27(37)12-16-31-26)28(35)36-32-19(2)23-8-9-24-22-7-6-20-18-21(34)10-14-29(20,3)25(22)11-15-30(23,24)4/h18,22-26,31H,5-17H2,1-4H3/b32-19+/t22-,23+,24-,25-,26?,29-,30+/m0/s1. The number of allylic oxidation sites excluding steroid dienone is 1. The lowest BCUT2D eigenvalue weighted by Gasteiger charge is -2.58. The number of rotatable bonds is 6. The van der Waals surface area contributed by atoms with Crippen LogP contribution in [-0.2, 0) is 9.63 Å². The topological polar surface area (TPSA) is 71.0 Å². The van der Waals surface area contributed by atoms with Crippen LogP contribution in [0.1, 0.15) is 91.9 Å². The number of hydrogen-bond acceptors (Lipinski definition) is 6. The van der Waals surface area contributed by atoms with Crippen molar-refractivity contribution in [2.45, 2.75) is 97.9 Å². The Labute approximate surface area is 228 Å². The van der Waals surface area contributed by atoms with Crippen molar-refractivity contribution in [3.8, 4) is 0 Å². The van der Waals surface area contributed by atoms with Gasteiger partial charge in [-0.1, -0.05) is 36.8 Å². The monoisotopic (exact) mass is 527 g/mol. The summed E-state index contributed by atoms with van der Waals surface area (Å²) >= 11 is 5.44. The lowest BCUT2D eigenvalue weighted by molar-refractivity contribution is -0.117. The van der Waals surface area contributed by atoms with Gasteiger partial charge in [-0.15, -0.1) is 0 Å². The summed E-state index contributed by atoms with van der Waals surface area (Å²) in [6.07, 6.45) is 12.2. The molecule has 6 nitrogen and oxygen atoms in total. The normalized spacial score (nSPS) is 39.5. The number of thiocarbonyl (C=S) groups is 1. The molecule has 7 atom stereocenters. The SMILES string of the molecule is CCN(CCC1NCCC1=S)C(=O)O/N=C(\C)[C@H]1CC[C@H]2[C@@H]3CCC4=CC(=O)CC[C@]4(C)[C@H]3CC[C@]12C. The van der Waals surface area contributed by atoms with E-state index in [1.807, 2.05) is 13.0 Å². The van der Waals surface area contributed by atoms with Gasteiger partial charge < -0.3 is 10.2 Å². The minimum Gasteiger partial charge on any atom is -0.309 e. The summed E-state index contributed by atoms with van der Waals surface area (Å²) in [5, 5.41) is 7.85. The molecule has 5 aliphatic rings. The highest BCUT2D eigenvalue weighted by Gasteiger charge is 2.59. The summed E-state index contributed by atoms with van der Waals surface area (Å²) in [6, 6.07) is 0.218. The van der Waals surface area contributed by atoms with Crippen LogP contribution in [0.4, 0.5) is 4.79 Å². The first kappa shape index (κ1) is 27.0. The van der Waals surface area contributed by atoms with Crippen LogP contribution in [0.3, 0.4) is 0 Å². The van der Waals surface area contributed by atoms with E-state index in [1.54, 1.807) is 4.90 Å². The van der Waals surface area contributed by atoms with Crippen molar-refractivity contribution in [3.63, 3.8) is 0 Å². The molecule has 0 aromatic rings. The molecule has 3 saturated carbocycles. The zero-order chi connectivity index (χ0) is 26.4. The Morgan fingerprint density at radius 1 is 1.16 bits per heavy atom. The molecule has 1 heterocycles. The number of ketones is 1. The molecule has 0 aromatic carbocycles. The minimum atomic E-state index is -0.361. The van der Waals surface area contributed by atoms with Gasteiger partial charge in [-0.05, 0) is 106 Å². The predicted molar refractivity (Wildman–Crippen MR) is 151 cm³/mol. The van der Waals surface area contributed by atoms with Crippen LogP contribution in [-0.4, -0.2) is 53.0 Å². The maximum atomic E-state index is 12.8. The molecule has 0 aromatic heterocycles. The molecule has 37 heavy (non-hydrogen) atoms. The van der Waals surface area contributed by atoms with Gasteiger partial charge in [0.2, 0.25) is 0 Å². The predicted octanol–water partition coefficient (Wildman–Crippen LogP) is 6.09. The molecule has 7 heteroatoms. The van der Waals surface area contributed by atoms with E-state index >= 15 is 0 Å². The number of oxime groups is 1. The first-order valence-corrected chi connectivity index (χ1v) is 15.1. The van der Waals surface area contributed by atoms with Gasteiger partial charge in [0, 0.05) is 42.9 Å². The molecule has 4 aliphatic carbocycles. The van der Waals surface area contributed by atoms with Gasteiger partial charge in [-0.3, -0.25) is 9.63 Å². The Kier molecular flexibility index (Phi) is 7.67. The third kappa shape index (κ3) is 4.84. The van der Waals surface area contributed by atoms with Crippen LogP contribution in [0, 0.1) is 34.5 Å². The average Bonchev–Trinajstić information content (AvgIpc) is 3.45. The van der Waals surface area contributed by atoms with Gasteiger partial charge in [0.15, 0.2) is 5.78 Å². The lowest BCUT2D eigenvalue weighted by Crippen LogP contribution is -2.51. The molecule has 1 saturated heterocycles. The molecule has 1 N–H and O–H groups in total. The Bertz CT molecular complexity index is 1010. The summed E-state index contributed by atoms with van der Waals surface area (Å²) < 4.78 is 0. The molecule has 1 unspecified atom stereocenters. The summed E-state index contributed by atoms with van der Waals surface area (Å²) in [7, 11) is 0. The number of carbonyl (C=O) groups is 2. The second-order valence-electron chi connectivity index (χ2n) is 12.8. The number of hydrogen-bond donors (Lipinski definition) is 1. The van der Waals surface area contributed by atoms with Crippen molar-refractivity contribution in [3.05, 3.63) is 11.6 Å². The molecule has 1 aliphatic heterocycles. The first-order valence-electron chi connectivity index (χ1n) is 14.7. The molecule has 5 rings (SSSR count). The second-order valence-corrected chi connectivity index (χ2v) is 13.3. The van der Waals surface area contributed by atoms with Crippen LogP contribution in [0.2, 0.25) is 0 Å². The quantitative estimate of drug-likeness (QED) is 0.196. The Balaban J connectivity index is 1.22. The smallest absolute Gasteiger partial charge is 0.309 e. The molecule has 0 bridgehead atoms. The van der Waals surface area contributed by atoms with E-state index in [-0.39, 0.29) is 23.0 Å². The largest absolute Gasteiger partial charge is 0.435 e. The number of nitrogens with zero attached hydrogens (tertiary/aromatic N) is 2. The van der Waals surface area contributed by atoms with Crippen LogP contribution < -0.4 is 5.32 Å². The summed E-state index contributed by atoms with van der Waals surface area (Å²) in [4.78, 5) is 33.3. The van der Waals surface area contributed by atoms with Crippen LogP contribution >= 0.6 is 12.2 Å². The molecule has 204 valence electrons. The van der Waals surface area contributed by atoms with Crippen molar-refractivity contribution >= 4 is 34.7 Å². The zero-order valence-electron chi connectivity index (χ0n) is 23.2. The van der Waals surface area contributed by atoms with Crippen molar-refractivity contribution in [1.82, 2.24) is 10.2 Å². The molecular formula is C30H45N3O3S. The van der Waals surface area contributed by atoms with E-state index in [1.165, 1.54) is 31.3 Å². The van der Waals surface area contributed by atoms with Crippen molar-refractivity contribution in [2.75, 3.05) is 19.6 Å². The third-order valence-corrected chi connectivity index (χ3v) is 11.7. The van der Waals surface area contributed by atoms with Crippen molar-refractivity contribution in [2.24, 2.45) is 39.7 Å². The maximum Gasteiger partial charge on any atom is 0.435 e. The number of fused-ring (bicyclic) bond motifs is 5. The van der Waals surface area contributed by atoms with Gasteiger partial charge in [-0.2, -0.15) is 0 Å². The van der Waals surface area contributed by atoms with Gasteiger partial charge in [0.05, 0.1) is 5.71 Å². The molecule has 1 amide bonds. The van der Waals surface area contributed by atoms with Crippen molar-refractivity contribution in [1.29, 1.82) is 0 Å². The molecule has 0 spiro atoms. The molecule has 0 radical (unpaired) electrons. The highest BCUT2D eigenvalue weighted by atomic mass is 32.1. The fourth-order valence-corrected chi connectivity index (χ4v) is 9.37. The van der Waals surface area contributed by atoms with Gasteiger partial charge in [-0.25, -0.2) is 4.79 Å². The fraction of sp³-hybridized carbons (Fsp3) is 0.800. The Morgan fingerprint density at radius 3 is 2.70 bits per heavy atom. The number of amides is 1. The van der Waals surface area contributed by atoms with Gasteiger partial charge in [0.25, 0.3) is 0 Å². The second kappa shape index (κ2) is 10.5. The minimum absolute atomic E-state index is 0.205. The van der Waals surface area contributed by atoms with E-state index < -0.39 is 0 Å². The van der Waals surface area contributed by atoms with E-state index in [0.29, 0.717) is 43.0 Å². The zero-order valence-corrected chi connectivity index (χ0v) is 24.0. The van der Waals surface area contributed by atoms with Crippen LogP contribution in [0.5, 0.6) is 0 Å². The number of nitrogens with one attached hydrogen (secondary N) is 1. The van der Waals surface area contributed by atoms with Gasteiger partial charge >= 0.3 is 6.09 Å². The van der Waals surface area contributed by atoms with Crippen molar-refractivity contribution < 1.29 is 14.4 Å². The fourth-order valence-electron chi connectivity index (χ4n) is 9.06. The summed E-state index contributed by atoms with van der Waals surface area (Å²) in [5.41, 5.74) is 2.81. The number of carbonyl (C=O) groups excluding carboxylic acids is 2. The maximum absolute atomic E-state index is 12.8. The third-order valence-electron chi connectivity index (χ3n) is 11.2. The van der Waals surface area contributed by atoms with Gasteiger partial charge in [0.1, 0.15) is 0 Å². The highest BCUT2D eigenvalue weighted by molar-refractivity contribution is 7.80. The van der Waals surface area contributed by atoms with E-state index in [0.717, 1.165) is 55.1 Å².